The van der Waals surface area contributed by atoms with Crippen molar-refractivity contribution in [1.82, 2.24) is 4.90 Å². The number of allylic oxidation sites excluding steroid dienone is 3. The van der Waals surface area contributed by atoms with Crippen molar-refractivity contribution in [3.05, 3.63) is 71.3 Å². The third-order valence-corrected chi connectivity index (χ3v) is 10.3. The monoisotopic (exact) mass is 519 g/mol. The van der Waals surface area contributed by atoms with Crippen LogP contribution in [0.25, 0.3) is 0 Å². The van der Waals surface area contributed by atoms with Crippen molar-refractivity contribution >= 4 is 5.91 Å². The molecule has 1 aliphatic heterocycles. The molecule has 5 heteroatoms. The zero-order chi connectivity index (χ0) is 27.1. The number of carbonyl (C=O) groups is 1. The van der Waals surface area contributed by atoms with E-state index < -0.39 is 17.8 Å². The van der Waals surface area contributed by atoms with Crippen LogP contribution in [0.1, 0.15) is 77.2 Å². The maximum Gasteiger partial charge on any atom is 0.254 e. The van der Waals surface area contributed by atoms with Gasteiger partial charge in [0.15, 0.2) is 0 Å². The maximum absolute atomic E-state index is 13.2. The van der Waals surface area contributed by atoms with Crippen LogP contribution in [0, 0.1) is 17.3 Å². The fourth-order valence-corrected chi connectivity index (χ4v) is 8.05. The van der Waals surface area contributed by atoms with Gasteiger partial charge in [0.25, 0.3) is 5.91 Å². The number of hydrogen-bond donors (Lipinski definition) is 3. The smallest absolute Gasteiger partial charge is 0.254 e. The van der Waals surface area contributed by atoms with E-state index >= 15 is 0 Å². The summed E-state index contributed by atoms with van der Waals surface area (Å²) in [6, 6.07) is 10.4. The molecule has 1 heterocycles. The van der Waals surface area contributed by atoms with Crippen LogP contribution in [0.15, 0.2) is 65.8 Å². The average Bonchev–Trinajstić information content (AvgIpc) is 3.32. The van der Waals surface area contributed by atoms with E-state index in [1.54, 1.807) is 6.92 Å². The van der Waals surface area contributed by atoms with Crippen LogP contribution in [0.4, 0.5) is 0 Å². The number of fused-ring (bicyclic) bond motifs is 1. The van der Waals surface area contributed by atoms with E-state index in [-0.39, 0.29) is 17.4 Å². The Morgan fingerprint density at radius 3 is 2.66 bits per heavy atom. The molecule has 3 saturated carbocycles. The fraction of sp³-hybridized carbons (Fsp3) is 0.606. The normalized spacial score (nSPS) is 39.8. The minimum atomic E-state index is -1.28. The summed E-state index contributed by atoms with van der Waals surface area (Å²) < 4.78 is 0. The van der Waals surface area contributed by atoms with Gasteiger partial charge >= 0.3 is 0 Å². The summed E-state index contributed by atoms with van der Waals surface area (Å²) in [7, 11) is 0. The van der Waals surface area contributed by atoms with Crippen molar-refractivity contribution in [2.45, 2.75) is 102 Å². The lowest BCUT2D eigenvalue weighted by Gasteiger charge is -2.43. The van der Waals surface area contributed by atoms with E-state index in [0.717, 1.165) is 49.7 Å². The maximum atomic E-state index is 13.2. The number of likely N-dealkylation sites (tertiary alicyclic amines) is 1. The minimum Gasteiger partial charge on any atom is -0.393 e. The van der Waals surface area contributed by atoms with Gasteiger partial charge < -0.3 is 20.2 Å². The lowest BCUT2D eigenvalue weighted by atomic mass is 9.62. The van der Waals surface area contributed by atoms with Gasteiger partial charge in [-0.1, -0.05) is 61.6 Å². The van der Waals surface area contributed by atoms with Crippen molar-refractivity contribution in [1.29, 1.82) is 0 Å². The Kier molecular flexibility index (Phi) is 7.74. The molecule has 0 spiro atoms. The highest BCUT2D eigenvalue weighted by atomic mass is 16.3. The number of benzene rings is 1. The third kappa shape index (κ3) is 5.30. The molecule has 0 radical (unpaired) electrons. The highest BCUT2D eigenvalue weighted by Gasteiger charge is 2.53. The van der Waals surface area contributed by atoms with Gasteiger partial charge in [-0.2, -0.15) is 0 Å². The van der Waals surface area contributed by atoms with Crippen LogP contribution in [0.2, 0.25) is 0 Å². The van der Waals surface area contributed by atoms with Crippen molar-refractivity contribution in [2.24, 2.45) is 17.3 Å². The molecule has 3 unspecified atom stereocenters. The molecular formula is C33H45NO4. The quantitative estimate of drug-likeness (QED) is 0.488. The Hall–Kier alpha value is -2.21. The largest absolute Gasteiger partial charge is 0.393 e. The summed E-state index contributed by atoms with van der Waals surface area (Å²) in [5.74, 6) is 0.911. The second kappa shape index (κ2) is 10.7. The van der Waals surface area contributed by atoms with E-state index in [0.29, 0.717) is 37.6 Å². The lowest BCUT2D eigenvalue weighted by Crippen LogP contribution is -2.41. The highest BCUT2D eigenvalue weighted by molar-refractivity contribution is 5.87. The van der Waals surface area contributed by atoms with Crippen molar-refractivity contribution in [3.63, 3.8) is 0 Å². The first-order valence-electron chi connectivity index (χ1n) is 14.6. The molecule has 3 aliphatic carbocycles. The Morgan fingerprint density at radius 1 is 1.13 bits per heavy atom. The summed E-state index contributed by atoms with van der Waals surface area (Å²) in [4.78, 5) is 15.1. The number of aliphatic hydroxyl groups excluding tert-OH is 2. The number of aliphatic hydroxyl groups is 3. The van der Waals surface area contributed by atoms with Crippen LogP contribution in [-0.2, 0) is 11.2 Å². The number of nitrogens with zero attached hydrogens (tertiary/aromatic N) is 1. The van der Waals surface area contributed by atoms with Gasteiger partial charge in [0.05, 0.1) is 12.2 Å². The first-order valence-corrected chi connectivity index (χ1v) is 14.6. The van der Waals surface area contributed by atoms with E-state index in [1.165, 1.54) is 17.6 Å². The van der Waals surface area contributed by atoms with Crippen LogP contribution in [0.5, 0.6) is 0 Å². The van der Waals surface area contributed by atoms with E-state index in [2.05, 4.69) is 37.8 Å². The minimum absolute atomic E-state index is 0.0757. The SMILES string of the molecule is C=C1/C(=C\C=C2/CCC[C@]3(C)C(CC4CC(C)(O)C(=O)N4CCc4ccccc4)CC[C@@H]23)C[C@@H](O)C[C@@H]1O. The molecule has 7 atom stereocenters. The first-order chi connectivity index (χ1) is 18.1. The summed E-state index contributed by atoms with van der Waals surface area (Å²) in [5, 5.41) is 31.3. The Labute approximate surface area is 227 Å². The second-order valence-electron chi connectivity index (χ2n) is 12.9. The zero-order valence-corrected chi connectivity index (χ0v) is 23.1. The predicted molar refractivity (Wildman–Crippen MR) is 150 cm³/mol. The Morgan fingerprint density at radius 2 is 1.89 bits per heavy atom. The van der Waals surface area contributed by atoms with E-state index in [1.807, 2.05) is 23.1 Å². The van der Waals surface area contributed by atoms with E-state index in [9.17, 15) is 20.1 Å². The second-order valence-corrected chi connectivity index (χ2v) is 12.9. The highest BCUT2D eigenvalue weighted by Crippen LogP contribution is 2.59. The molecule has 3 N–H and O–H groups in total. The number of rotatable bonds is 6. The molecular weight excluding hydrogens is 474 g/mol. The summed E-state index contributed by atoms with van der Waals surface area (Å²) in [6.45, 7) is 8.86. The van der Waals surface area contributed by atoms with Crippen molar-refractivity contribution in [3.8, 4) is 0 Å². The number of carbonyl (C=O) groups excluding carboxylic acids is 1. The summed E-state index contributed by atoms with van der Waals surface area (Å²) in [6.07, 6.45) is 12.1. The molecule has 38 heavy (non-hydrogen) atoms. The van der Waals surface area contributed by atoms with Gasteiger partial charge in [0.2, 0.25) is 0 Å². The van der Waals surface area contributed by atoms with Crippen LogP contribution < -0.4 is 0 Å². The Balaban J connectivity index is 1.31. The number of hydrogen-bond acceptors (Lipinski definition) is 4. The first kappa shape index (κ1) is 27.4. The zero-order valence-electron chi connectivity index (χ0n) is 23.1. The molecule has 5 rings (SSSR count). The molecule has 4 aliphatic rings. The average molecular weight is 520 g/mol. The molecule has 5 nitrogen and oxygen atoms in total. The molecule has 1 saturated heterocycles. The summed E-state index contributed by atoms with van der Waals surface area (Å²) in [5.41, 5.74) is 3.31. The summed E-state index contributed by atoms with van der Waals surface area (Å²) >= 11 is 0. The van der Waals surface area contributed by atoms with Gasteiger partial charge in [-0.25, -0.2) is 0 Å². The molecule has 0 aromatic heterocycles. The van der Waals surface area contributed by atoms with Crippen LogP contribution in [0.3, 0.4) is 0 Å². The molecule has 1 aromatic carbocycles. The third-order valence-electron chi connectivity index (χ3n) is 10.3. The number of amides is 1. The van der Waals surface area contributed by atoms with Gasteiger partial charge in [0.1, 0.15) is 5.60 Å². The van der Waals surface area contributed by atoms with Gasteiger partial charge in [0, 0.05) is 25.4 Å². The molecule has 0 bridgehead atoms. The van der Waals surface area contributed by atoms with E-state index in [4.69, 9.17) is 0 Å². The fourth-order valence-electron chi connectivity index (χ4n) is 8.05. The predicted octanol–water partition coefficient (Wildman–Crippen LogP) is 5.11. The van der Waals surface area contributed by atoms with Gasteiger partial charge in [-0.15, -0.1) is 0 Å². The van der Waals surface area contributed by atoms with Crippen molar-refractivity contribution in [2.75, 3.05) is 6.54 Å². The van der Waals surface area contributed by atoms with Gasteiger partial charge in [-0.05, 0) is 92.3 Å². The van der Waals surface area contributed by atoms with Gasteiger partial charge in [-0.3, -0.25) is 4.79 Å². The molecule has 1 aromatic rings. The standard InChI is InChI=1S/C33H45NO4/c1-22-25(18-28(35)20-30(22)36)12-11-24-10-7-16-32(2)26(13-14-29(24)32)19-27-21-33(3,38)31(37)34(27)17-15-23-8-5-4-6-9-23/h4-6,8-9,11-12,26-30,35-36,38H,1,7,10,13-21H2,2-3H3/b24-11+,25-12-/t26?,27?,28-,29+,30+,32-,33?/m1/s1. The molecule has 4 fully saturated rings. The molecule has 1 amide bonds. The lowest BCUT2D eigenvalue weighted by molar-refractivity contribution is -0.142. The topological polar surface area (TPSA) is 81.0 Å². The van der Waals surface area contributed by atoms with Crippen LogP contribution >= 0.6 is 0 Å². The Bertz CT molecular complexity index is 1110. The van der Waals surface area contributed by atoms with Crippen molar-refractivity contribution < 1.29 is 20.1 Å². The molecule has 206 valence electrons. The van der Waals surface area contributed by atoms with Crippen LogP contribution in [-0.4, -0.2) is 56.5 Å².